The van der Waals surface area contributed by atoms with E-state index in [-0.39, 0.29) is 25.2 Å². The molecule has 0 spiro atoms. The molecule has 2 fully saturated rings. The van der Waals surface area contributed by atoms with Gasteiger partial charge in [-0.25, -0.2) is 9.59 Å². The van der Waals surface area contributed by atoms with E-state index in [1.54, 1.807) is 9.80 Å². The predicted molar refractivity (Wildman–Crippen MR) is 73.5 cm³/mol. The molecule has 114 valence electrons. The zero-order chi connectivity index (χ0) is 14.7. The first-order chi connectivity index (χ1) is 9.49. The molecule has 2 amide bonds. The van der Waals surface area contributed by atoms with Gasteiger partial charge >= 0.3 is 12.0 Å². The van der Waals surface area contributed by atoms with E-state index in [9.17, 15) is 9.59 Å². The number of ether oxygens (including phenoxy) is 1. The second kappa shape index (κ2) is 6.43. The number of amides is 2. The van der Waals surface area contributed by atoms with Crippen molar-refractivity contribution in [2.24, 2.45) is 5.92 Å². The first-order valence-corrected chi connectivity index (χ1v) is 7.35. The lowest BCUT2D eigenvalue weighted by atomic mass is 9.86. The molecule has 6 heteroatoms. The van der Waals surface area contributed by atoms with Crippen LogP contribution in [0.15, 0.2) is 0 Å². The molecule has 1 N–H and O–H groups in total. The Bertz CT molecular complexity index is 374. The van der Waals surface area contributed by atoms with Gasteiger partial charge in [0.25, 0.3) is 0 Å². The topological polar surface area (TPSA) is 70.1 Å². The van der Waals surface area contributed by atoms with Crippen molar-refractivity contribution in [2.45, 2.75) is 44.8 Å². The first kappa shape index (κ1) is 15.1. The second-order valence-corrected chi connectivity index (χ2v) is 5.96. The molecular weight excluding hydrogens is 260 g/mol. The highest BCUT2D eigenvalue weighted by Gasteiger charge is 2.33. The van der Waals surface area contributed by atoms with Gasteiger partial charge in [0.1, 0.15) is 0 Å². The van der Waals surface area contributed by atoms with Crippen molar-refractivity contribution in [1.29, 1.82) is 0 Å². The van der Waals surface area contributed by atoms with Crippen molar-refractivity contribution in [2.75, 3.05) is 26.7 Å². The van der Waals surface area contributed by atoms with E-state index in [2.05, 4.69) is 6.92 Å². The molecular formula is C14H24N2O4. The van der Waals surface area contributed by atoms with Crippen LogP contribution in [0.5, 0.6) is 0 Å². The monoisotopic (exact) mass is 284 g/mol. The number of hydrogen-bond acceptors (Lipinski definition) is 3. The molecule has 0 bridgehead atoms. The summed E-state index contributed by atoms with van der Waals surface area (Å²) in [5, 5.41) is 8.98. The molecule has 3 atom stereocenters. The molecule has 0 radical (unpaired) electrons. The molecule has 0 aromatic rings. The van der Waals surface area contributed by atoms with Crippen molar-refractivity contribution >= 4 is 12.0 Å². The van der Waals surface area contributed by atoms with Crippen LogP contribution in [-0.4, -0.2) is 65.8 Å². The molecule has 0 aromatic carbocycles. The summed E-state index contributed by atoms with van der Waals surface area (Å²) in [6.45, 7) is 3.12. The van der Waals surface area contributed by atoms with Crippen molar-refractivity contribution in [3.63, 3.8) is 0 Å². The zero-order valence-corrected chi connectivity index (χ0v) is 12.2. The van der Waals surface area contributed by atoms with Crippen LogP contribution in [0.2, 0.25) is 0 Å². The number of carboxylic acids is 1. The standard InChI is InChI=1S/C14H24N2O4/c1-10-4-3-5-11(8-10)15(2)14(19)16-6-7-20-12(9-16)13(17)18/h10-12H,3-9H2,1-2H3,(H,17,18). The summed E-state index contributed by atoms with van der Waals surface area (Å²) in [5.41, 5.74) is 0. The Morgan fingerprint density at radius 1 is 1.35 bits per heavy atom. The lowest BCUT2D eigenvalue weighted by Crippen LogP contribution is -2.54. The van der Waals surface area contributed by atoms with E-state index in [1.165, 1.54) is 6.42 Å². The van der Waals surface area contributed by atoms with Gasteiger partial charge in [0.2, 0.25) is 0 Å². The SMILES string of the molecule is CC1CCCC(N(C)C(=O)N2CCOC(C(=O)O)C2)C1. The maximum absolute atomic E-state index is 12.5. The fraction of sp³-hybridized carbons (Fsp3) is 0.857. The largest absolute Gasteiger partial charge is 0.479 e. The fourth-order valence-electron chi connectivity index (χ4n) is 3.11. The van der Waals surface area contributed by atoms with E-state index in [4.69, 9.17) is 9.84 Å². The van der Waals surface area contributed by atoms with Crippen LogP contribution < -0.4 is 0 Å². The Balaban J connectivity index is 1.93. The molecule has 1 heterocycles. The minimum absolute atomic E-state index is 0.0707. The predicted octanol–water partition coefficient (Wildman–Crippen LogP) is 1.40. The Labute approximate surface area is 119 Å². The molecule has 2 aliphatic rings. The quantitative estimate of drug-likeness (QED) is 0.832. The van der Waals surface area contributed by atoms with Crippen molar-refractivity contribution in [3.8, 4) is 0 Å². The minimum atomic E-state index is -1.00. The molecule has 1 aliphatic heterocycles. The summed E-state index contributed by atoms with van der Waals surface area (Å²) < 4.78 is 5.15. The van der Waals surface area contributed by atoms with Crippen LogP contribution in [0, 0.1) is 5.92 Å². The van der Waals surface area contributed by atoms with Crippen molar-refractivity contribution in [3.05, 3.63) is 0 Å². The molecule has 1 saturated heterocycles. The third kappa shape index (κ3) is 3.42. The van der Waals surface area contributed by atoms with E-state index >= 15 is 0 Å². The van der Waals surface area contributed by atoms with Gasteiger partial charge in [-0.3, -0.25) is 0 Å². The average molecular weight is 284 g/mol. The molecule has 0 aromatic heterocycles. The normalized spacial score (nSPS) is 30.9. The first-order valence-electron chi connectivity index (χ1n) is 7.35. The number of carbonyl (C=O) groups is 2. The lowest BCUT2D eigenvalue weighted by Gasteiger charge is -2.39. The highest BCUT2D eigenvalue weighted by Crippen LogP contribution is 2.27. The summed E-state index contributed by atoms with van der Waals surface area (Å²) in [7, 11) is 1.83. The van der Waals surface area contributed by atoms with Gasteiger partial charge < -0.3 is 19.6 Å². The summed E-state index contributed by atoms with van der Waals surface area (Å²) in [6, 6.07) is 0.205. The third-order valence-electron chi connectivity index (χ3n) is 4.37. The molecule has 1 aliphatic carbocycles. The van der Waals surface area contributed by atoms with Gasteiger partial charge in [-0.1, -0.05) is 19.8 Å². The number of hydrogen-bond donors (Lipinski definition) is 1. The number of rotatable bonds is 2. The van der Waals surface area contributed by atoms with E-state index in [0.717, 1.165) is 19.3 Å². The van der Waals surface area contributed by atoms with E-state index < -0.39 is 12.1 Å². The van der Waals surface area contributed by atoms with Gasteiger partial charge in [0.05, 0.1) is 13.2 Å². The molecule has 6 nitrogen and oxygen atoms in total. The number of aliphatic carboxylic acids is 1. The number of morpholine rings is 1. The Hall–Kier alpha value is -1.30. The average Bonchev–Trinajstić information content (AvgIpc) is 2.45. The van der Waals surface area contributed by atoms with Crippen LogP contribution in [0.4, 0.5) is 4.79 Å². The van der Waals surface area contributed by atoms with Gasteiger partial charge in [-0.2, -0.15) is 0 Å². The fourth-order valence-corrected chi connectivity index (χ4v) is 3.11. The lowest BCUT2D eigenvalue weighted by molar-refractivity contribution is -0.154. The van der Waals surface area contributed by atoms with Crippen molar-refractivity contribution < 1.29 is 19.4 Å². The Kier molecular flexibility index (Phi) is 4.86. The van der Waals surface area contributed by atoms with Gasteiger partial charge in [0.15, 0.2) is 6.10 Å². The van der Waals surface area contributed by atoms with Crippen molar-refractivity contribution in [1.82, 2.24) is 9.80 Å². The summed E-state index contributed by atoms with van der Waals surface area (Å²) in [5.74, 6) is -0.350. The Morgan fingerprint density at radius 3 is 2.75 bits per heavy atom. The number of nitrogens with zero attached hydrogens (tertiary/aromatic N) is 2. The van der Waals surface area contributed by atoms with E-state index in [1.807, 2.05) is 7.05 Å². The van der Waals surface area contributed by atoms with Crippen LogP contribution in [-0.2, 0) is 9.53 Å². The maximum Gasteiger partial charge on any atom is 0.334 e. The van der Waals surface area contributed by atoms with Crippen LogP contribution in [0.3, 0.4) is 0 Å². The number of carbonyl (C=O) groups excluding carboxylic acids is 1. The summed E-state index contributed by atoms with van der Waals surface area (Å²) in [4.78, 5) is 26.8. The summed E-state index contributed by atoms with van der Waals surface area (Å²) in [6.07, 6.45) is 3.57. The van der Waals surface area contributed by atoms with Crippen LogP contribution >= 0.6 is 0 Å². The maximum atomic E-state index is 12.5. The number of urea groups is 1. The van der Waals surface area contributed by atoms with Gasteiger partial charge in [-0.15, -0.1) is 0 Å². The van der Waals surface area contributed by atoms with E-state index in [0.29, 0.717) is 12.5 Å². The van der Waals surface area contributed by atoms with Crippen LogP contribution in [0.1, 0.15) is 32.6 Å². The molecule has 1 saturated carbocycles. The highest BCUT2D eigenvalue weighted by molar-refractivity contribution is 5.77. The smallest absolute Gasteiger partial charge is 0.334 e. The third-order valence-corrected chi connectivity index (χ3v) is 4.37. The molecule has 2 rings (SSSR count). The second-order valence-electron chi connectivity index (χ2n) is 5.96. The van der Waals surface area contributed by atoms with Gasteiger partial charge in [0, 0.05) is 19.6 Å². The van der Waals surface area contributed by atoms with Gasteiger partial charge in [-0.05, 0) is 18.8 Å². The van der Waals surface area contributed by atoms with Crippen LogP contribution in [0.25, 0.3) is 0 Å². The zero-order valence-electron chi connectivity index (χ0n) is 12.2. The minimum Gasteiger partial charge on any atom is -0.479 e. The Morgan fingerprint density at radius 2 is 2.10 bits per heavy atom. The summed E-state index contributed by atoms with van der Waals surface area (Å²) >= 11 is 0. The molecule has 3 unspecified atom stereocenters. The number of carboxylic acid groups (broad SMARTS) is 1. The molecule has 20 heavy (non-hydrogen) atoms. The highest BCUT2D eigenvalue weighted by atomic mass is 16.5.